The minimum atomic E-state index is -0.867. The fraction of sp³-hybridized carbons (Fsp3) is 0.667. The van der Waals surface area contributed by atoms with Crippen molar-refractivity contribution in [2.24, 2.45) is 0 Å². The Morgan fingerprint density at radius 2 is 1.20 bits per heavy atom. The van der Waals surface area contributed by atoms with Crippen LogP contribution in [0.1, 0.15) is 78.5 Å². The van der Waals surface area contributed by atoms with Crippen molar-refractivity contribution in [3.8, 4) is 5.75 Å². The largest absolute Gasteiger partial charge is 0.507 e. The molecular weight excluding hydrogens is 248 g/mol. The second-order valence-corrected chi connectivity index (χ2v) is 8.05. The first kappa shape index (κ1) is 17.0. The summed E-state index contributed by atoms with van der Waals surface area (Å²) in [4.78, 5) is 0. The van der Waals surface area contributed by atoms with Crippen molar-refractivity contribution in [1.29, 1.82) is 0 Å². The molecule has 0 saturated heterocycles. The summed E-state index contributed by atoms with van der Waals surface area (Å²) in [5.41, 5.74) is 1.48. The van der Waals surface area contributed by atoms with Gasteiger partial charge >= 0.3 is 0 Å². The summed E-state index contributed by atoms with van der Waals surface area (Å²) in [6.45, 7) is 16.3. The van der Waals surface area contributed by atoms with E-state index >= 15 is 0 Å². The van der Waals surface area contributed by atoms with Crippen LogP contribution in [0.2, 0.25) is 0 Å². The Morgan fingerprint density at radius 3 is 1.45 bits per heavy atom. The van der Waals surface area contributed by atoms with Crippen LogP contribution in [0.15, 0.2) is 12.1 Å². The molecule has 0 spiro atoms. The van der Waals surface area contributed by atoms with Crippen LogP contribution >= 0.6 is 0 Å². The Balaban J connectivity index is 3.68. The third-order valence-electron chi connectivity index (χ3n) is 4.04. The van der Waals surface area contributed by atoms with Crippen LogP contribution in [0.25, 0.3) is 0 Å². The lowest BCUT2D eigenvalue weighted by Gasteiger charge is -2.31. The minimum Gasteiger partial charge on any atom is -0.507 e. The third-order valence-corrected chi connectivity index (χ3v) is 4.04. The van der Waals surface area contributed by atoms with Crippen molar-refractivity contribution in [3.05, 3.63) is 28.8 Å². The smallest absolute Gasteiger partial charge is 0.123 e. The predicted octanol–water partition coefficient (Wildman–Crippen LogP) is 4.60. The van der Waals surface area contributed by atoms with E-state index in [1.165, 1.54) is 0 Å². The summed E-state index contributed by atoms with van der Waals surface area (Å²) < 4.78 is 0. The molecule has 0 fully saturated rings. The molecule has 0 radical (unpaired) electrons. The Morgan fingerprint density at radius 1 is 0.850 bits per heavy atom. The van der Waals surface area contributed by atoms with Gasteiger partial charge in [-0.25, -0.2) is 0 Å². The number of aliphatic hydroxyl groups is 1. The van der Waals surface area contributed by atoms with E-state index in [4.69, 9.17) is 0 Å². The molecule has 1 aromatic rings. The number of hydrogen-bond donors (Lipinski definition) is 2. The zero-order chi connectivity index (χ0) is 15.9. The highest BCUT2D eigenvalue weighted by Crippen LogP contribution is 2.42. The molecule has 0 bridgehead atoms. The number of aromatic hydroxyl groups is 1. The third kappa shape index (κ3) is 3.35. The van der Waals surface area contributed by atoms with Gasteiger partial charge in [-0.05, 0) is 53.0 Å². The monoisotopic (exact) mass is 278 g/mol. The molecule has 0 aromatic heterocycles. The van der Waals surface area contributed by atoms with Gasteiger partial charge in [0.2, 0.25) is 0 Å². The summed E-state index contributed by atoms with van der Waals surface area (Å²) >= 11 is 0. The molecule has 2 heteroatoms. The molecule has 0 aliphatic heterocycles. The molecule has 0 aliphatic carbocycles. The lowest BCUT2D eigenvalue weighted by atomic mass is 9.76. The first-order chi connectivity index (χ1) is 8.80. The lowest BCUT2D eigenvalue weighted by Crippen LogP contribution is -2.24. The highest BCUT2D eigenvalue weighted by molar-refractivity contribution is 5.51. The Bertz CT molecular complexity index is 450. The zero-order valence-corrected chi connectivity index (χ0v) is 14.3. The van der Waals surface area contributed by atoms with Gasteiger partial charge in [0.25, 0.3) is 0 Å². The Hall–Kier alpha value is -1.02. The van der Waals surface area contributed by atoms with Gasteiger partial charge in [-0.1, -0.05) is 48.5 Å². The van der Waals surface area contributed by atoms with Crippen molar-refractivity contribution in [2.75, 3.05) is 0 Å². The van der Waals surface area contributed by atoms with Crippen molar-refractivity contribution >= 4 is 0 Å². The van der Waals surface area contributed by atoms with E-state index in [1.54, 1.807) is 0 Å². The van der Waals surface area contributed by atoms with Crippen molar-refractivity contribution in [1.82, 2.24) is 0 Å². The van der Waals surface area contributed by atoms with Crippen LogP contribution in [0.3, 0.4) is 0 Å². The summed E-state index contributed by atoms with van der Waals surface area (Å²) in [7, 11) is 0. The molecular formula is C18H30O2. The molecule has 1 rings (SSSR count). The van der Waals surface area contributed by atoms with Gasteiger partial charge < -0.3 is 10.2 Å². The van der Waals surface area contributed by atoms with Crippen LogP contribution in [0.4, 0.5) is 0 Å². The van der Waals surface area contributed by atoms with Gasteiger partial charge in [-0.2, -0.15) is 0 Å². The van der Waals surface area contributed by atoms with E-state index < -0.39 is 5.60 Å². The molecule has 0 unspecified atom stereocenters. The maximum atomic E-state index is 10.6. The maximum Gasteiger partial charge on any atom is 0.123 e. The molecule has 2 N–H and O–H groups in total. The average molecular weight is 278 g/mol. The Labute approximate surface area is 123 Å². The molecule has 0 amide bonds. The quantitative estimate of drug-likeness (QED) is 0.829. The highest BCUT2D eigenvalue weighted by Gasteiger charge is 2.30. The van der Waals surface area contributed by atoms with Crippen LogP contribution in [0.5, 0.6) is 5.75 Å². The summed E-state index contributed by atoms with van der Waals surface area (Å²) in [6.07, 6.45) is 0.644. The second-order valence-electron chi connectivity index (χ2n) is 8.05. The van der Waals surface area contributed by atoms with Crippen LogP contribution in [-0.2, 0) is 16.4 Å². The number of hydrogen-bond acceptors (Lipinski definition) is 2. The Kier molecular flexibility index (Phi) is 4.32. The highest BCUT2D eigenvalue weighted by atomic mass is 16.3. The van der Waals surface area contributed by atoms with Crippen LogP contribution < -0.4 is 0 Å². The van der Waals surface area contributed by atoms with E-state index in [-0.39, 0.29) is 10.8 Å². The van der Waals surface area contributed by atoms with Gasteiger partial charge in [-0.3, -0.25) is 0 Å². The first-order valence-corrected chi connectivity index (χ1v) is 7.41. The lowest BCUT2D eigenvalue weighted by molar-refractivity contribution is 0.0527. The van der Waals surface area contributed by atoms with Gasteiger partial charge in [0.1, 0.15) is 5.75 Å². The predicted molar refractivity (Wildman–Crippen MR) is 85.4 cm³/mol. The fourth-order valence-electron chi connectivity index (χ4n) is 2.29. The zero-order valence-electron chi connectivity index (χ0n) is 14.3. The summed E-state index contributed by atoms with van der Waals surface area (Å²) in [6, 6.07) is 3.90. The molecule has 20 heavy (non-hydrogen) atoms. The van der Waals surface area contributed by atoms with Gasteiger partial charge in [0.05, 0.1) is 5.60 Å². The number of benzene rings is 1. The van der Waals surface area contributed by atoms with Crippen LogP contribution in [-0.4, -0.2) is 10.2 Å². The summed E-state index contributed by atoms with van der Waals surface area (Å²) in [5, 5.41) is 21.2. The van der Waals surface area contributed by atoms with Gasteiger partial charge in [0.15, 0.2) is 0 Å². The average Bonchev–Trinajstić information content (AvgIpc) is 2.25. The van der Waals surface area contributed by atoms with E-state index in [9.17, 15) is 10.2 Å². The van der Waals surface area contributed by atoms with Gasteiger partial charge in [0, 0.05) is 0 Å². The topological polar surface area (TPSA) is 40.5 Å². The second kappa shape index (κ2) is 5.07. The van der Waals surface area contributed by atoms with E-state index in [0.717, 1.165) is 16.7 Å². The first-order valence-electron chi connectivity index (χ1n) is 7.41. The number of rotatable bonds is 2. The van der Waals surface area contributed by atoms with Crippen molar-refractivity contribution < 1.29 is 10.2 Å². The molecule has 1 aromatic carbocycles. The minimum absolute atomic E-state index is 0.163. The number of phenols is 1. The van der Waals surface area contributed by atoms with Crippen molar-refractivity contribution in [3.63, 3.8) is 0 Å². The molecule has 0 aliphatic rings. The SMILES string of the molecule is CC[C@](C)(O)c1cc(C(C)(C)C)c(O)c(C(C)(C)C)c1. The fourth-order valence-corrected chi connectivity index (χ4v) is 2.29. The van der Waals surface area contributed by atoms with E-state index in [2.05, 4.69) is 41.5 Å². The molecule has 114 valence electrons. The van der Waals surface area contributed by atoms with Crippen LogP contribution in [0, 0.1) is 0 Å². The molecule has 0 heterocycles. The standard InChI is InChI=1S/C18H30O2/c1-9-18(8,20)12-10-13(16(2,3)4)15(19)14(11-12)17(5,6)7/h10-11,19-20H,9H2,1-8H3/t18-/m0/s1. The number of phenolic OH excluding ortho intramolecular Hbond substituents is 1. The molecule has 0 saturated carbocycles. The molecule has 2 nitrogen and oxygen atoms in total. The van der Waals surface area contributed by atoms with Crippen molar-refractivity contribution in [2.45, 2.75) is 78.2 Å². The normalized spacial score (nSPS) is 16.1. The summed E-state index contributed by atoms with van der Waals surface area (Å²) in [5.74, 6) is 0.362. The maximum absolute atomic E-state index is 10.6. The van der Waals surface area contributed by atoms with E-state index in [0.29, 0.717) is 12.2 Å². The van der Waals surface area contributed by atoms with E-state index in [1.807, 2.05) is 26.0 Å². The van der Waals surface area contributed by atoms with Gasteiger partial charge in [-0.15, -0.1) is 0 Å². The molecule has 1 atom stereocenters.